The molecule has 0 radical (unpaired) electrons. The Hall–Kier alpha value is -0.340. The van der Waals surface area contributed by atoms with Crippen molar-refractivity contribution in [3.8, 4) is 0 Å². The first-order valence-corrected chi connectivity index (χ1v) is 9.81. The van der Waals surface area contributed by atoms with Crippen LogP contribution in [0.2, 0.25) is 0 Å². The summed E-state index contributed by atoms with van der Waals surface area (Å²) in [6.07, 6.45) is 23.9. The average Bonchev–Trinajstić information content (AvgIpc) is 3.34. The fourth-order valence-corrected chi connectivity index (χ4v) is 2.70. The molecular formula is C20H38O2. The lowest BCUT2D eigenvalue weighted by molar-refractivity contribution is 0.0478. The van der Waals surface area contributed by atoms with Gasteiger partial charge in [0.2, 0.25) is 0 Å². The van der Waals surface area contributed by atoms with E-state index in [0.717, 1.165) is 13.2 Å². The number of hydrogen-bond acceptors (Lipinski definition) is 2. The van der Waals surface area contributed by atoms with Gasteiger partial charge in [0.15, 0.2) is 6.29 Å². The minimum atomic E-state index is 0.142. The highest BCUT2D eigenvalue weighted by Gasteiger charge is 2.22. The van der Waals surface area contributed by atoms with E-state index in [-0.39, 0.29) is 6.29 Å². The minimum Gasteiger partial charge on any atom is -0.350 e. The molecule has 1 aliphatic rings. The lowest BCUT2D eigenvalue weighted by atomic mass is 10.1. The number of ether oxygens (including phenoxy) is 2. The Morgan fingerprint density at radius 3 is 1.82 bits per heavy atom. The van der Waals surface area contributed by atoms with Gasteiger partial charge in [-0.1, -0.05) is 76.9 Å². The van der Waals surface area contributed by atoms with Crippen LogP contribution in [-0.2, 0) is 9.47 Å². The third kappa shape index (κ3) is 14.6. The van der Waals surface area contributed by atoms with Crippen LogP contribution < -0.4 is 0 Å². The van der Waals surface area contributed by atoms with E-state index >= 15 is 0 Å². The molecule has 0 aromatic heterocycles. The third-order valence-corrected chi connectivity index (χ3v) is 4.26. The second kappa shape index (κ2) is 15.6. The van der Waals surface area contributed by atoms with Gasteiger partial charge in [-0.05, 0) is 32.1 Å². The first kappa shape index (κ1) is 19.7. The SMILES string of the molecule is CCCCCCCC/C=C\CCCCCCCCOC1CO1. The normalized spacial score (nSPS) is 17.4. The van der Waals surface area contributed by atoms with Gasteiger partial charge in [0.05, 0.1) is 0 Å². The summed E-state index contributed by atoms with van der Waals surface area (Å²) < 4.78 is 10.4. The molecule has 1 atom stereocenters. The van der Waals surface area contributed by atoms with Crippen molar-refractivity contribution in [3.63, 3.8) is 0 Å². The Kier molecular flexibility index (Phi) is 13.9. The van der Waals surface area contributed by atoms with Crippen LogP contribution in [-0.4, -0.2) is 19.5 Å². The van der Waals surface area contributed by atoms with Crippen molar-refractivity contribution in [1.82, 2.24) is 0 Å². The van der Waals surface area contributed by atoms with Crippen molar-refractivity contribution >= 4 is 0 Å². The molecule has 2 heteroatoms. The highest BCUT2D eigenvalue weighted by Crippen LogP contribution is 2.12. The van der Waals surface area contributed by atoms with Crippen LogP contribution in [0.3, 0.4) is 0 Å². The Morgan fingerprint density at radius 1 is 0.773 bits per heavy atom. The first-order valence-electron chi connectivity index (χ1n) is 9.81. The molecular weight excluding hydrogens is 272 g/mol. The van der Waals surface area contributed by atoms with Crippen LogP contribution in [0, 0.1) is 0 Å². The van der Waals surface area contributed by atoms with Crippen molar-refractivity contribution in [2.75, 3.05) is 13.2 Å². The van der Waals surface area contributed by atoms with E-state index in [1.165, 1.54) is 89.9 Å². The van der Waals surface area contributed by atoms with E-state index in [2.05, 4.69) is 19.1 Å². The van der Waals surface area contributed by atoms with E-state index in [1.54, 1.807) is 0 Å². The topological polar surface area (TPSA) is 21.8 Å². The zero-order valence-corrected chi connectivity index (χ0v) is 14.9. The second-order valence-electron chi connectivity index (χ2n) is 6.57. The smallest absolute Gasteiger partial charge is 0.181 e. The van der Waals surface area contributed by atoms with Gasteiger partial charge in [-0.25, -0.2) is 0 Å². The van der Waals surface area contributed by atoms with Gasteiger partial charge >= 0.3 is 0 Å². The minimum absolute atomic E-state index is 0.142. The van der Waals surface area contributed by atoms with E-state index in [9.17, 15) is 0 Å². The van der Waals surface area contributed by atoms with Gasteiger partial charge in [-0.3, -0.25) is 0 Å². The summed E-state index contributed by atoms with van der Waals surface area (Å²) in [5.41, 5.74) is 0. The zero-order chi connectivity index (χ0) is 15.7. The summed E-state index contributed by atoms with van der Waals surface area (Å²) in [7, 11) is 0. The molecule has 0 saturated carbocycles. The fraction of sp³-hybridized carbons (Fsp3) is 0.900. The summed E-state index contributed by atoms with van der Waals surface area (Å²) in [6, 6.07) is 0. The van der Waals surface area contributed by atoms with Crippen molar-refractivity contribution in [2.24, 2.45) is 0 Å². The molecule has 130 valence electrons. The van der Waals surface area contributed by atoms with E-state index in [4.69, 9.17) is 9.47 Å². The number of epoxide rings is 1. The molecule has 0 aromatic carbocycles. The van der Waals surface area contributed by atoms with Crippen LogP contribution in [0.25, 0.3) is 0 Å². The third-order valence-electron chi connectivity index (χ3n) is 4.26. The fourth-order valence-electron chi connectivity index (χ4n) is 2.70. The molecule has 1 heterocycles. The van der Waals surface area contributed by atoms with Gasteiger partial charge in [0.25, 0.3) is 0 Å². The van der Waals surface area contributed by atoms with Crippen molar-refractivity contribution < 1.29 is 9.47 Å². The van der Waals surface area contributed by atoms with Crippen LogP contribution in [0.5, 0.6) is 0 Å². The monoisotopic (exact) mass is 310 g/mol. The summed E-state index contributed by atoms with van der Waals surface area (Å²) in [4.78, 5) is 0. The summed E-state index contributed by atoms with van der Waals surface area (Å²) in [6.45, 7) is 3.97. The van der Waals surface area contributed by atoms with Gasteiger partial charge in [-0.2, -0.15) is 0 Å². The van der Waals surface area contributed by atoms with Crippen LogP contribution in [0.1, 0.15) is 96.8 Å². The second-order valence-corrected chi connectivity index (χ2v) is 6.57. The number of hydrogen-bond donors (Lipinski definition) is 0. The molecule has 22 heavy (non-hydrogen) atoms. The molecule has 2 nitrogen and oxygen atoms in total. The molecule has 1 saturated heterocycles. The first-order chi connectivity index (χ1) is 10.9. The number of unbranched alkanes of at least 4 members (excludes halogenated alkanes) is 12. The molecule has 0 aliphatic carbocycles. The van der Waals surface area contributed by atoms with Gasteiger partial charge in [-0.15, -0.1) is 0 Å². The average molecular weight is 311 g/mol. The van der Waals surface area contributed by atoms with Crippen molar-refractivity contribution in [2.45, 2.75) is 103 Å². The Balaban J connectivity index is 1.65. The Labute approximate surface area is 138 Å². The molecule has 0 amide bonds. The maximum absolute atomic E-state index is 5.44. The lowest BCUT2D eigenvalue weighted by Crippen LogP contribution is -1.97. The van der Waals surface area contributed by atoms with E-state index in [1.807, 2.05) is 0 Å². The summed E-state index contributed by atoms with van der Waals surface area (Å²) >= 11 is 0. The highest BCUT2D eigenvalue weighted by molar-refractivity contribution is 4.81. The molecule has 0 bridgehead atoms. The molecule has 0 aromatic rings. The Bertz CT molecular complexity index is 246. The predicted molar refractivity (Wildman–Crippen MR) is 95.1 cm³/mol. The maximum atomic E-state index is 5.44. The summed E-state index contributed by atoms with van der Waals surface area (Å²) in [5.74, 6) is 0. The van der Waals surface area contributed by atoms with Crippen molar-refractivity contribution in [1.29, 1.82) is 0 Å². The molecule has 0 N–H and O–H groups in total. The van der Waals surface area contributed by atoms with Crippen LogP contribution >= 0.6 is 0 Å². The van der Waals surface area contributed by atoms with E-state index in [0.29, 0.717) is 0 Å². The van der Waals surface area contributed by atoms with Gasteiger partial charge in [0.1, 0.15) is 6.61 Å². The van der Waals surface area contributed by atoms with Gasteiger partial charge < -0.3 is 9.47 Å². The largest absolute Gasteiger partial charge is 0.350 e. The van der Waals surface area contributed by atoms with Crippen molar-refractivity contribution in [3.05, 3.63) is 12.2 Å². The quantitative estimate of drug-likeness (QED) is 0.176. The maximum Gasteiger partial charge on any atom is 0.181 e. The molecule has 1 fully saturated rings. The number of allylic oxidation sites excluding steroid dienone is 2. The number of rotatable bonds is 17. The van der Waals surface area contributed by atoms with Crippen LogP contribution in [0.15, 0.2) is 12.2 Å². The highest BCUT2D eigenvalue weighted by atomic mass is 16.8. The standard InChI is InChI=1S/C20H38O2/c1-2-3-4-5-6-7-8-9-10-11-12-13-14-15-16-17-18-21-20-19-22-20/h9-10,20H,2-8,11-19H2,1H3/b10-9-. The predicted octanol–water partition coefficient (Wildman–Crippen LogP) is 6.40. The molecule has 0 spiro atoms. The zero-order valence-electron chi connectivity index (χ0n) is 14.9. The Morgan fingerprint density at radius 2 is 1.27 bits per heavy atom. The lowest BCUT2D eigenvalue weighted by Gasteiger charge is -2.01. The molecule has 1 unspecified atom stereocenters. The summed E-state index contributed by atoms with van der Waals surface area (Å²) in [5, 5.41) is 0. The van der Waals surface area contributed by atoms with Gasteiger partial charge in [0, 0.05) is 6.61 Å². The van der Waals surface area contributed by atoms with Crippen LogP contribution in [0.4, 0.5) is 0 Å². The molecule has 1 rings (SSSR count). The molecule has 1 aliphatic heterocycles. The van der Waals surface area contributed by atoms with E-state index < -0.39 is 0 Å².